The van der Waals surface area contributed by atoms with Crippen molar-refractivity contribution in [2.45, 2.75) is 129 Å². The molecule has 0 radical (unpaired) electrons. The van der Waals surface area contributed by atoms with Gasteiger partial charge in [0.2, 0.25) is 0 Å². The van der Waals surface area contributed by atoms with Gasteiger partial charge in [-0.05, 0) is 94.4 Å². The van der Waals surface area contributed by atoms with Gasteiger partial charge < -0.3 is 20.4 Å². The molecule has 8 atom stereocenters. The van der Waals surface area contributed by atoms with Crippen LogP contribution in [0.5, 0.6) is 0 Å². The van der Waals surface area contributed by atoms with Crippen molar-refractivity contribution in [1.82, 2.24) is 10.2 Å². The fourth-order valence-electron chi connectivity index (χ4n) is 11.9. The highest BCUT2D eigenvalue weighted by atomic mass is 16.3. The van der Waals surface area contributed by atoms with E-state index in [0.717, 1.165) is 68.9 Å². The number of carbonyl (C=O) groups is 2. The van der Waals surface area contributed by atoms with Crippen LogP contribution in [0.1, 0.15) is 110 Å². The third-order valence-corrected chi connectivity index (χ3v) is 14.3. The Hall–Kier alpha value is -2.44. The van der Waals surface area contributed by atoms with E-state index in [1.165, 1.54) is 6.42 Å². The first-order valence-electron chi connectivity index (χ1n) is 18.4. The SMILES string of the molecule is CC(C)NC(=O)N(Cc1ccccc1)C[C@]1(O)CC[C@H]2[C@]34C=C[C@@]5(C=C3C(=O)C3CCCCC3)CC(O)CC[C@]5(C)[C@H]4CC[C@@]21C. The summed E-state index contributed by atoms with van der Waals surface area (Å²) in [6.07, 6.45) is 18.0. The number of ketones is 1. The van der Waals surface area contributed by atoms with Gasteiger partial charge in [-0.1, -0.05) is 81.7 Å². The monoisotopic (exact) mass is 628 g/mol. The van der Waals surface area contributed by atoms with E-state index in [1.54, 1.807) is 0 Å². The van der Waals surface area contributed by atoms with E-state index in [4.69, 9.17) is 0 Å². The van der Waals surface area contributed by atoms with Crippen LogP contribution in [0.15, 0.2) is 54.1 Å². The van der Waals surface area contributed by atoms with Crippen molar-refractivity contribution >= 4 is 11.8 Å². The molecule has 2 amide bonds. The number of carbonyl (C=O) groups excluding carboxylic acids is 2. The van der Waals surface area contributed by atoms with Crippen molar-refractivity contribution in [1.29, 1.82) is 0 Å². The third kappa shape index (κ3) is 4.63. The predicted molar refractivity (Wildman–Crippen MR) is 181 cm³/mol. The highest BCUT2D eigenvalue weighted by Gasteiger charge is 2.74. The Kier molecular flexibility index (Phi) is 7.91. The lowest BCUT2D eigenvalue weighted by molar-refractivity contribution is -0.178. The van der Waals surface area contributed by atoms with Gasteiger partial charge >= 0.3 is 6.03 Å². The summed E-state index contributed by atoms with van der Waals surface area (Å²) in [5, 5.41) is 27.0. The molecule has 4 fully saturated rings. The fourth-order valence-corrected chi connectivity index (χ4v) is 11.9. The molecular weight excluding hydrogens is 572 g/mol. The van der Waals surface area contributed by atoms with Crippen molar-refractivity contribution in [3.8, 4) is 0 Å². The van der Waals surface area contributed by atoms with Gasteiger partial charge in [0.1, 0.15) is 0 Å². The minimum Gasteiger partial charge on any atom is -0.393 e. The van der Waals surface area contributed by atoms with Gasteiger partial charge in [0.15, 0.2) is 5.78 Å². The van der Waals surface area contributed by atoms with Crippen LogP contribution in [0.25, 0.3) is 0 Å². The van der Waals surface area contributed by atoms with E-state index < -0.39 is 16.4 Å². The largest absolute Gasteiger partial charge is 0.393 e. The Morgan fingerprint density at radius 1 is 0.913 bits per heavy atom. The summed E-state index contributed by atoms with van der Waals surface area (Å²) >= 11 is 0. The van der Waals surface area contributed by atoms with Gasteiger partial charge in [-0.3, -0.25) is 4.79 Å². The average molecular weight is 629 g/mol. The second-order valence-electron chi connectivity index (χ2n) is 17.0. The smallest absolute Gasteiger partial charge is 0.317 e. The molecule has 0 heterocycles. The first-order chi connectivity index (χ1) is 21.9. The lowest BCUT2D eigenvalue weighted by Crippen LogP contribution is -2.67. The van der Waals surface area contributed by atoms with E-state index in [9.17, 15) is 19.8 Å². The van der Waals surface area contributed by atoms with Gasteiger partial charge in [0, 0.05) is 40.3 Å². The minimum absolute atomic E-state index is 0.00945. The summed E-state index contributed by atoms with van der Waals surface area (Å²) in [6.45, 7) is 9.37. The average Bonchev–Trinajstić information content (AvgIpc) is 3.31. The molecule has 3 N–H and O–H groups in total. The summed E-state index contributed by atoms with van der Waals surface area (Å²) in [7, 11) is 0. The zero-order valence-corrected chi connectivity index (χ0v) is 28.6. The van der Waals surface area contributed by atoms with Gasteiger partial charge in [-0.2, -0.15) is 0 Å². The number of Topliss-reactive ketones (excluding diaryl/α,β-unsaturated/α-hetero) is 1. The molecule has 0 saturated heterocycles. The first kappa shape index (κ1) is 32.1. The molecule has 0 aromatic heterocycles. The molecule has 1 aromatic rings. The van der Waals surface area contributed by atoms with E-state index in [2.05, 4.69) is 37.4 Å². The summed E-state index contributed by atoms with van der Waals surface area (Å²) < 4.78 is 0. The van der Waals surface area contributed by atoms with E-state index in [0.29, 0.717) is 31.1 Å². The second kappa shape index (κ2) is 11.3. The summed E-state index contributed by atoms with van der Waals surface area (Å²) in [5.41, 5.74) is -0.234. The Labute approximate surface area is 276 Å². The van der Waals surface area contributed by atoms with Crippen LogP contribution in [-0.2, 0) is 11.3 Å². The maximum atomic E-state index is 14.8. The molecule has 6 nitrogen and oxygen atoms in total. The maximum Gasteiger partial charge on any atom is 0.317 e. The van der Waals surface area contributed by atoms with Crippen LogP contribution in [-0.4, -0.2) is 51.2 Å². The van der Waals surface area contributed by atoms with Crippen LogP contribution in [0.2, 0.25) is 0 Å². The first-order valence-corrected chi connectivity index (χ1v) is 18.4. The molecular formula is C40H56N2O4. The molecule has 8 rings (SSSR count). The quantitative estimate of drug-likeness (QED) is 0.276. The number of hydrogen-bond donors (Lipinski definition) is 3. The molecule has 1 unspecified atom stereocenters. The van der Waals surface area contributed by atoms with Crippen molar-refractivity contribution in [3.63, 3.8) is 0 Å². The van der Waals surface area contributed by atoms with E-state index in [1.807, 2.05) is 49.1 Å². The number of urea groups is 1. The zero-order valence-electron chi connectivity index (χ0n) is 28.6. The third-order valence-electron chi connectivity index (χ3n) is 14.3. The Morgan fingerprint density at radius 3 is 2.30 bits per heavy atom. The lowest BCUT2D eigenvalue weighted by Gasteiger charge is -2.71. The standard InChI is InChI=1S/C40H56N2O4/c1-27(2)41-35(45)42(25-28-11-7-5-8-12-28)26-39(46)20-17-33-37(39,4)19-16-32-36(3)18-15-30(43)23-38(36)21-22-40(32,33)31(24-38)34(44)29-13-9-6-10-14-29/h5,7-8,11-12,21-22,24,27,29-30,32-33,43,46H,6,9-10,13-20,23,25-26H2,1-4H3,(H,41,45)/t30?,32-,33-,36-,37+,38+,39-,40-/m1/s1. The number of rotatable bonds is 7. The number of fused-ring (bicyclic) bond motifs is 1. The molecule has 2 spiro atoms. The highest BCUT2D eigenvalue weighted by molar-refractivity contribution is 6.00. The molecule has 2 bridgehead atoms. The van der Waals surface area contributed by atoms with Crippen molar-refractivity contribution in [3.05, 3.63) is 59.7 Å². The molecule has 250 valence electrons. The topological polar surface area (TPSA) is 89.9 Å². The number of nitrogens with zero attached hydrogens (tertiary/aromatic N) is 1. The van der Waals surface area contributed by atoms with Crippen LogP contribution in [0.4, 0.5) is 4.79 Å². The Morgan fingerprint density at radius 2 is 1.59 bits per heavy atom. The molecule has 1 aromatic carbocycles. The Balaban J connectivity index is 1.29. The van der Waals surface area contributed by atoms with Crippen molar-refractivity contribution < 1.29 is 19.8 Å². The van der Waals surface area contributed by atoms with Crippen LogP contribution in [0, 0.1) is 39.4 Å². The summed E-state index contributed by atoms with van der Waals surface area (Å²) in [6, 6.07) is 9.91. The second-order valence-corrected chi connectivity index (χ2v) is 17.0. The highest BCUT2D eigenvalue weighted by Crippen LogP contribution is 2.78. The predicted octanol–water partition coefficient (Wildman–Crippen LogP) is 7.35. The molecule has 4 saturated carbocycles. The molecule has 7 aliphatic rings. The van der Waals surface area contributed by atoms with Crippen molar-refractivity contribution in [2.75, 3.05) is 6.54 Å². The molecule has 6 heteroatoms. The normalized spacial score (nSPS) is 41.4. The lowest BCUT2D eigenvalue weighted by atomic mass is 9.32. The summed E-state index contributed by atoms with van der Waals surface area (Å²) in [5.74, 6) is 0.827. The van der Waals surface area contributed by atoms with Crippen LogP contribution in [0.3, 0.4) is 0 Å². The molecule has 0 aliphatic heterocycles. The number of aliphatic hydroxyl groups is 2. The van der Waals surface area contributed by atoms with E-state index in [-0.39, 0.29) is 47.4 Å². The van der Waals surface area contributed by atoms with Crippen molar-refractivity contribution in [2.24, 2.45) is 39.4 Å². The van der Waals surface area contributed by atoms with Gasteiger partial charge in [-0.25, -0.2) is 4.79 Å². The minimum atomic E-state index is -1.08. The number of aliphatic hydroxyl groups excluding tert-OH is 1. The van der Waals surface area contributed by atoms with Crippen LogP contribution >= 0.6 is 0 Å². The zero-order chi connectivity index (χ0) is 32.5. The number of hydrogen-bond acceptors (Lipinski definition) is 4. The maximum absolute atomic E-state index is 14.8. The molecule has 46 heavy (non-hydrogen) atoms. The number of allylic oxidation sites excluding steroid dienone is 4. The van der Waals surface area contributed by atoms with Gasteiger partial charge in [-0.15, -0.1) is 0 Å². The molecule has 7 aliphatic carbocycles. The summed E-state index contributed by atoms with van der Waals surface area (Å²) in [4.78, 5) is 30.3. The number of nitrogens with one attached hydrogen (secondary N) is 1. The number of benzene rings is 1. The van der Waals surface area contributed by atoms with Gasteiger partial charge in [0.05, 0.1) is 18.2 Å². The van der Waals surface area contributed by atoms with Gasteiger partial charge in [0.25, 0.3) is 0 Å². The Bertz CT molecular complexity index is 1420. The van der Waals surface area contributed by atoms with Crippen LogP contribution < -0.4 is 5.32 Å². The van der Waals surface area contributed by atoms with E-state index >= 15 is 0 Å². The number of amides is 2. The fraction of sp³-hybridized carbons (Fsp3) is 0.700.